The SMILES string of the molecule is O=C(c1ccc(F)c(Cl)c1)N1CCC(Nc2nc(Nc3cccc(C(F)(F)F)c3)nc(OCC(F)(F)F)n2)CC1. The summed E-state index contributed by atoms with van der Waals surface area (Å²) in [5, 5.41) is 5.29. The minimum atomic E-state index is -4.69. The van der Waals surface area contributed by atoms with E-state index in [1.807, 2.05) is 0 Å². The summed E-state index contributed by atoms with van der Waals surface area (Å²) in [6.07, 6.45) is -8.53. The Morgan fingerprint density at radius 1 is 1.00 bits per heavy atom. The Kier molecular flexibility index (Phi) is 8.51. The van der Waals surface area contributed by atoms with Crippen LogP contribution in [0.1, 0.15) is 28.8 Å². The van der Waals surface area contributed by atoms with Gasteiger partial charge in [-0.25, -0.2) is 4.39 Å². The molecule has 0 unspecified atom stereocenters. The molecule has 3 aromatic rings. The first-order valence-electron chi connectivity index (χ1n) is 11.7. The number of carbonyl (C=O) groups is 1. The lowest BCUT2D eigenvalue weighted by molar-refractivity contribution is -0.154. The number of aromatic nitrogens is 3. The van der Waals surface area contributed by atoms with Crippen LogP contribution in [0.3, 0.4) is 0 Å². The third-order valence-corrected chi connectivity index (χ3v) is 6.00. The number of anilines is 3. The molecule has 0 spiro atoms. The highest BCUT2D eigenvalue weighted by atomic mass is 35.5. The predicted octanol–water partition coefficient (Wildman–Crippen LogP) is 6.08. The number of rotatable bonds is 7. The smallest absolute Gasteiger partial charge is 0.422 e. The zero-order chi connectivity index (χ0) is 29.1. The number of benzene rings is 2. The summed E-state index contributed by atoms with van der Waals surface area (Å²) < 4.78 is 95.3. The van der Waals surface area contributed by atoms with E-state index in [1.165, 1.54) is 23.1 Å². The van der Waals surface area contributed by atoms with Gasteiger partial charge >= 0.3 is 18.4 Å². The van der Waals surface area contributed by atoms with Crippen LogP contribution < -0.4 is 15.4 Å². The van der Waals surface area contributed by atoms with Gasteiger partial charge in [-0.3, -0.25) is 4.79 Å². The molecule has 1 amide bonds. The summed E-state index contributed by atoms with van der Waals surface area (Å²) in [4.78, 5) is 25.9. The molecule has 1 aliphatic heterocycles. The third kappa shape index (κ3) is 7.83. The van der Waals surface area contributed by atoms with Gasteiger partial charge in [0.15, 0.2) is 6.61 Å². The van der Waals surface area contributed by atoms with Crippen LogP contribution in [-0.2, 0) is 6.18 Å². The molecule has 0 radical (unpaired) electrons. The molecular weight excluding hydrogens is 573 g/mol. The van der Waals surface area contributed by atoms with Crippen LogP contribution in [0.2, 0.25) is 5.02 Å². The van der Waals surface area contributed by atoms with Crippen LogP contribution in [0, 0.1) is 5.82 Å². The molecular formula is C24H20ClF7N6O2. The summed E-state index contributed by atoms with van der Waals surface area (Å²) in [7, 11) is 0. The van der Waals surface area contributed by atoms with Crippen molar-refractivity contribution in [3.63, 3.8) is 0 Å². The van der Waals surface area contributed by atoms with E-state index in [4.69, 9.17) is 11.6 Å². The van der Waals surface area contributed by atoms with Crippen LogP contribution >= 0.6 is 11.6 Å². The maximum Gasteiger partial charge on any atom is 0.422 e. The Morgan fingerprint density at radius 3 is 2.35 bits per heavy atom. The van der Waals surface area contributed by atoms with Crippen molar-refractivity contribution in [1.82, 2.24) is 19.9 Å². The van der Waals surface area contributed by atoms with Gasteiger partial charge in [0, 0.05) is 30.4 Å². The molecule has 0 aliphatic carbocycles. The van der Waals surface area contributed by atoms with Crippen molar-refractivity contribution in [3.8, 4) is 6.01 Å². The first-order valence-corrected chi connectivity index (χ1v) is 12.1. The molecule has 0 saturated carbocycles. The molecule has 2 N–H and O–H groups in total. The molecule has 1 aromatic heterocycles. The number of hydrogen-bond donors (Lipinski definition) is 2. The quantitative estimate of drug-likeness (QED) is 0.321. The van der Waals surface area contributed by atoms with E-state index in [-0.39, 0.29) is 53.2 Å². The maximum absolute atomic E-state index is 13.4. The fourth-order valence-electron chi connectivity index (χ4n) is 3.81. The maximum atomic E-state index is 13.4. The minimum absolute atomic E-state index is 0.0681. The highest BCUT2D eigenvalue weighted by Crippen LogP contribution is 2.31. The molecule has 4 rings (SSSR count). The van der Waals surface area contributed by atoms with Crippen molar-refractivity contribution in [3.05, 3.63) is 64.4 Å². The zero-order valence-electron chi connectivity index (χ0n) is 20.3. The molecule has 16 heteroatoms. The second-order valence-corrected chi connectivity index (χ2v) is 9.12. The van der Waals surface area contributed by atoms with Crippen molar-refractivity contribution in [2.24, 2.45) is 0 Å². The van der Waals surface area contributed by atoms with E-state index >= 15 is 0 Å². The molecule has 40 heavy (non-hydrogen) atoms. The molecule has 1 saturated heterocycles. The number of alkyl halides is 6. The average molecular weight is 593 g/mol. The minimum Gasteiger partial charge on any atom is -0.454 e. The normalized spacial score (nSPS) is 14.7. The monoisotopic (exact) mass is 592 g/mol. The molecule has 2 heterocycles. The van der Waals surface area contributed by atoms with Gasteiger partial charge in [0.05, 0.1) is 10.6 Å². The number of carbonyl (C=O) groups excluding carboxylic acids is 1. The summed E-state index contributed by atoms with van der Waals surface area (Å²) in [5.74, 6) is -1.54. The van der Waals surface area contributed by atoms with Gasteiger partial charge in [-0.05, 0) is 49.2 Å². The number of nitrogens with one attached hydrogen (secondary N) is 2. The summed E-state index contributed by atoms with van der Waals surface area (Å²) in [5.41, 5.74) is -0.809. The van der Waals surface area contributed by atoms with E-state index in [2.05, 4.69) is 30.3 Å². The van der Waals surface area contributed by atoms with Crippen LogP contribution in [-0.4, -0.2) is 57.7 Å². The molecule has 8 nitrogen and oxygen atoms in total. The number of likely N-dealkylation sites (tertiary alicyclic amines) is 1. The van der Waals surface area contributed by atoms with Crippen LogP contribution in [0.15, 0.2) is 42.5 Å². The lowest BCUT2D eigenvalue weighted by atomic mass is 10.0. The van der Waals surface area contributed by atoms with Gasteiger partial charge in [0.1, 0.15) is 5.82 Å². The van der Waals surface area contributed by atoms with Gasteiger partial charge in [-0.1, -0.05) is 17.7 Å². The summed E-state index contributed by atoms with van der Waals surface area (Å²) in [6, 6.07) is 6.69. The lowest BCUT2D eigenvalue weighted by Gasteiger charge is -2.32. The lowest BCUT2D eigenvalue weighted by Crippen LogP contribution is -2.42. The van der Waals surface area contributed by atoms with Crippen LogP contribution in [0.25, 0.3) is 0 Å². The van der Waals surface area contributed by atoms with Crippen molar-refractivity contribution in [2.45, 2.75) is 31.2 Å². The fourth-order valence-corrected chi connectivity index (χ4v) is 3.99. The second kappa shape index (κ2) is 11.7. The number of nitrogens with zero attached hydrogens (tertiary/aromatic N) is 4. The Morgan fingerprint density at radius 2 is 1.70 bits per heavy atom. The van der Waals surface area contributed by atoms with Gasteiger partial charge in [0.2, 0.25) is 11.9 Å². The van der Waals surface area contributed by atoms with E-state index in [9.17, 15) is 35.5 Å². The predicted molar refractivity (Wildman–Crippen MR) is 130 cm³/mol. The molecule has 1 fully saturated rings. The first-order chi connectivity index (χ1) is 18.8. The van der Waals surface area contributed by atoms with Gasteiger partial charge in [-0.15, -0.1) is 0 Å². The molecule has 1 aliphatic rings. The van der Waals surface area contributed by atoms with E-state index < -0.39 is 36.4 Å². The standard InChI is InChI=1S/C24H20ClF7N6O2/c25-17-10-13(4-5-18(17)26)19(39)38-8-6-15(7-9-38)33-20-35-21(37-22(36-20)40-12-23(27,28)29)34-16-3-1-2-14(11-16)24(30,31)32/h1-5,10-11,15H,6-9,12H2,(H2,33,34,35,36,37). The van der Waals surface area contributed by atoms with Crippen molar-refractivity contribution >= 4 is 35.1 Å². The van der Waals surface area contributed by atoms with E-state index in [0.29, 0.717) is 12.8 Å². The number of piperidine rings is 1. The Balaban J connectivity index is 1.47. The van der Waals surface area contributed by atoms with Crippen molar-refractivity contribution in [1.29, 1.82) is 0 Å². The van der Waals surface area contributed by atoms with E-state index in [1.54, 1.807) is 0 Å². The third-order valence-electron chi connectivity index (χ3n) is 5.71. The second-order valence-electron chi connectivity index (χ2n) is 8.71. The Hall–Kier alpha value is -3.88. The Bertz CT molecular complexity index is 1360. The number of halogens is 8. The fraction of sp³-hybridized carbons (Fsp3) is 0.333. The summed E-state index contributed by atoms with van der Waals surface area (Å²) >= 11 is 5.76. The van der Waals surface area contributed by atoms with Gasteiger partial charge in [0.25, 0.3) is 5.91 Å². The van der Waals surface area contributed by atoms with E-state index in [0.717, 1.165) is 24.3 Å². The number of hydrogen-bond acceptors (Lipinski definition) is 7. The van der Waals surface area contributed by atoms with Gasteiger partial charge in [-0.2, -0.15) is 41.3 Å². The largest absolute Gasteiger partial charge is 0.454 e. The molecule has 0 atom stereocenters. The van der Waals surface area contributed by atoms with Gasteiger partial charge < -0.3 is 20.3 Å². The van der Waals surface area contributed by atoms with Crippen molar-refractivity contribution < 1.29 is 40.3 Å². The Labute approximate surface area is 227 Å². The van der Waals surface area contributed by atoms with Crippen LogP contribution in [0.5, 0.6) is 6.01 Å². The molecule has 214 valence electrons. The summed E-state index contributed by atoms with van der Waals surface area (Å²) in [6.45, 7) is -1.14. The van der Waals surface area contributed by atoms with Crippen molar-refractivity contribution in [2.75, 3.05) is 30.3 Å². The van der Waals surface area contributed by atoms with Crippen LogP contribution in [0.4, 0.5) is 48.3 Å². The first kappa shape index (κ1) is 29.1. The average Bonchev–Trinajstić information content (AvgIpc) is 2.88. The molecule has 2 aromatic carbocycles. The zero-order valence-corrected chi connectivity index (χ0v) is 21.0. The highest BCUT2D eigenvalue weighted by Gasteiger charge is 2.31. The highest BCUT2D eigenvalue weighted by molar-refractivity contribution is 6.31. The topological polar surface area (TPSA) is 92.3 Å². The number of ether oxygens (including phenoxy) is 1. The molecule has 0 bridgehead atoms. The number of amides is 1.